The van der Waals surface area contributed by atoms with E-state index in [1.807, 2.05) is 64.1 Å². The van der Waals surface area contributed by atoms with Crippen molar-refractivity contribution in [2.45, 2.75) is 59.1 Å². The Morgan fingerprint density at radius 3 is 2.53 bits per heavy atom. The molecule has 2 heterocycles. The molecule has 8 nitrogen and oxygen atoms in total. The third-order valence-corrected chi connectivity index (χ3v) is 6.83. The maximum absolute atomic E-state index is 14.2. The monoisotopic (exact) mass is 480 g/mol. The lowest BCUT2D eigenvalue weighted by molar-refractivity contribution is -0.139. The van der Waals surface area contributed by atoms with Crippen LogP contribution in [-0.2, 0) is 25.8 Å². The van der Waals surface area contributed by atoms with Crippen molar-refractivity contribution in [1.82, 2.24) is 10.3 Å². The maximum Gasteiger partial charge on any atom is 0.271 e. The summed E-state index contributed by atoms with van der Waals surface area (Å²) in [6, 6.07) is 11.6. The van der Waals surface area contributed by atoms with Crippen LogP contribution in [-0.4, -0.2) is 34.0 Å². The Bertz CT molecular complexity index is 1230. The molecule has 9 heteroatoms. The lowest BCUT2D eigenvalue weighted by Crippen LogP contribution is -2.48. The van der Waals surface area contributed by atoms with Crippen LogP contribution in [0.2, 0.25) is 0 Å². The first-order chi connectivity index (χ1) is 16.0. The van der Waals surface area contributed by atoms with Gasteiger partial charge in [0, 0.05) is 25.0 Å². The fraction of sp³-hybridized carbons (Fsp3) is 0.360. The Balaban J connectivity index is 1.85. The molecule has 34 heavy (non-hydrogen) atoms. The van der Waals surface area contributed by atoms with Crippen LogP contribution in [0, 0.1) is 13.8 Å². The van der Waals surface area contributed by atoms with E-state index in [4.69, 9.17) is 4.74 Å². The van der Waals surface area contributed by atoms with E-state index in [0.717, 1.165) is 34.1 Å². The molecule has 2 aromatic carbocycles. The van der Waals surface area contributed by atoms with Crippen LogP contribution in [0.15, 0.2) is 41.5 Å². The zero-order chi connectivity index (χ0) is 24.8. The molecule has 0 bridgehead atoms. The van der Waals surface area contributed by atoms with Crippen LogP contribution in [0.5, 0.6) is 5.75 Å². The number of amides is 3. The number of hydrogen-bond acceptors (Lipinski definition) is 6. The summed E-state index contributed by atoms with van der Waals surface area (Å²) < 4.78 is 5.99. The van der Waals surface area contributed by atoms with Gasteiger partial charge in [0.2, 0.25) is 16.7 Å². The van der Waals surface area contributed by atoms with Gasteiger partial charge in [0.15, 0.2) is 5.17 Å². The van der Waals surface area contributed by atoms with Gasteiger partial charge in [-0.2, -0.15) is 5.01 Å². The number of nitrogens with zero attached hydrogens (tertiary/aromatic N) is 3. The van der Waals surface area contributed by atoms with Gasteiger partial charge in [0.1, 0.15) is 5.75 Å². The highest BCUT2D eigenvalue weighted by molar-refractivity contribution is 8.15. The number of amidine groups is 1. The Morgan fingerprint density at radius 1 is 1.18 bits per heavy atom. The third kappa shape index (κ3) is 3.94. The predicted octanol–water partition coefficient (Wildman–Crippen LogP) is 3.79. The molecule has 0 radical (unpaired) electrons. The first-order valence-electron chi connectivity index (χ1n) is 11.1. The molecular formula is C25H28N4O4S. The molecule has 1 atom stereocenters. The highest BCUT2D eigenvalue weighted by Crippen LogP contribution is 2.56. The van der Waals surface area contributed by atoms with Crippen molar-refractivity contribution in [2.24, 2.45) is 5.10 Å². The van der Waals surface area contributed by atoms with Gasteiger partial charge in [0.05, 0.1) is 18.3 Å². The molecule has 0 fully saturated rings. The average Bonchev–Trinajstić information content (AvgIpc) is 3.21. The van der Waals surface area contributed by atoms with Gasteiger partial charge in [0.25, 0.3) is 5.91 Å². The molecule has 178 valence electrons. The summed E-state index contributed by atoms with van der Waals surface area (Å²) in [4.78, 5) is 38.9. The number of aryl methyl sites for hydroxylation is 2. The fourth-order valence-electron chi connectivity index (χ4n) is 4.46. The second-order valence-electron chi connectivity index (χ2n) is 8.81. The Hall–Kier alpha value is -3.33. The van der Waals surface area contributed by atoms with Crippen molar-refractivity contribution in [3.8, 4) is 5.75 Å². The number of hydrogen-bond donors (Lipinski definition) is 1. The lowest BCUT2D eigenvalue weighted by Gasteiger charge is -2.29. The number of carbonyl (C=O) groups excluding carboxylic acids is 3. The molecule has 1 spiro atoms. The third-order valence-electron chi connectivity index (χ3n) is 5.59. The van der Waals surface area contributed by atoms with E-state index in [9.17, 15) is 14.4 Å². The zero-order valence-corrected chi connectivity index (χ0v) is 20.9. The van der Waals surface area contributed by atoms with Crippen LogP contribution in [0.3, 0.4) is 0 Å². The van der Waals surface area contributed by atoms with E-state index >= 15 is 0 Å². The van der Waals surface area contributed by atoms with Gasteiger partial charge >= 0.3 is 0 Å². The summed E-state index contributed by atoms with van der Waals surface area (Å²) in [5, 5.41) is 8.38. The molecule has 0 saturated heterocycles. The quantitative estimate of drug-likeness (QED) is 0.719. The van der Waals surface area contributed by atoms with E-state index in [1.165, 1.54) is 18.9 Å². The summed E-state index contributed by atoms with van der Waals surface area (Å²) in [6.07, 6.45) is -0.0225. The normalized spacial score (nSPS) is 19.0. The molecule has 0 aromatic heterocycles. The van der Waals surface area contributed by atoms with Crippen molar-refractivity contribution in [3.63, 3.8) is 0 Å². The number of benzene rings is 2. The number of anilines is 1. The van der Waals surface area contributed by atoms with Crippen molar-refractivity contribution in [1.29, 1.82) is 0 Å². The van der Waals surface area contributed by atoms with Crippen LogP contribution in [0.4, 0.5) is 5.69 Å². The molecule has 4 rings (SSSR count). The second kappa shape index (κ2) is 8.79. The van der Waals surface area contributed by atoms with E-state index < -0.39 is 10.8 Å². The number of thioether (sulfide) groups is 1. The van der Waals surface area contributed by atoms with E-state index in [1.54, 1.807) is 4.90 Å². The number of nitrogens with one attached hydrogen (secondary N) is 1. The van der Waals surface area contributed by atoms with Gasteiger partial charge < -0.3 is 15.0 Å². The number of para-hydroxylation sites is 1. The van der Waals surface area contributed by atoms with E-state index in [2.05, 4.69) is 10.4 Å². The van der Waals surface area contributed by atoms with Crippen molar-refractivity contribution in [2.75, 3.05) is 4.90 Å². The van der Waals surface area contributed by atoms with Crippen molar-refractivity contribution in [3.05, 3.63) is 58.7 Å². The van der Waals surface area contributed by atoms with E-state index in [-0.39, 0.29) is 29.6 Å². The molecule has 1 N–H and O–H groups in total. The largest absolute Gasteiger partial charge is 0.491 e. The first kappa shape index (κ1) is 23.8. The molecular weight excluding hydrogens is 452 g/mol. The highest BCUT2D eigenvalue weighted by Gasteiger charge is 2.61. The van der Waals surface area contributed by atoms with Gasteiger partial charge in [-0.15, -0.1) is 5.10 Å². The lowest BCUT2D eigenvalue weighted by atomic mass is 10.0. The minimum absolute atomic E-state index is 0.0225. The standard InChI is InChI=1S/C25H28N4O4S/c1-14(2)33-21-10-8-7-9-19(21)13-28-22-16(4)11-15(3)12-20(22)25(23(28)32)29(18(6)31)27-24(34-25)26-17(5)30/h7-12,14H,13H2,1-6H3,(H,26,27,30)/t25-/m1/s1. The summed E-state index contributed by atoms with van der Waals surface area (Å²) in [5.41, 5.74) is 4.16. The smallest absolute Gasteiger partial charge is 0.271 e. The van der Waals surface area contributed by atoms with Gasteiger partial charge in [-0.05, 0) is 51.1 Å². The Kier molecular flexibility index (Phi) is 6.16. The Labute approximate surface area is 203 Å². The number of fused-ring (bicyclic) bond motifs is 2. The van der Waals surface area contributed by atoms with Gasteiger partial charge in [-0.25, -0.2) is 0 Å². The molecule has 0 saturated carbocycles. The molecule has 2 aromatic rings. The van der Waals surface area contributed by atoms with Crippen molar-refractivity contribution < 1.29 is 19.1 Å². The zero-order valence-electron chi connectivity index (χ0n) is 20.1. The van der Waals surface area contributed by atoms with Crippen LogP contribution in [0.1, 0.15) is 49.9 Å². The summed E-state index contributed by atoms with van der Waals surface area (Å²) in [6.45, 7) is 10.8. The highest BCUT2D eigenvalue weighted by atomic mass is 32.2. The van der Waals surface area contributed by atoms with Crippen molar-refractivity contribution >= 4 is 40.3 Å². The van der Waals surface area contributed by atoms with Gasteiger partial charge in [-0.1, -0.05) is 35.9 Å². The average molecular weight is 481 g/mol. The molecule has 3 amide bonds. The molecule has 2 aliphatic heterocycles. The minimum Gasteiger partial charge on any atom is -0.491 e. The summed E-state index contributed by atoms with van der Waals surface area (Å²) in [5.74, 6) is -0.304. The fourth-order valence-corrected chi connectivity index (χ4v) is 5.78. The SMILES string of the molecule is CC(=O)NC1=NN(C(C)=O)[C@]2(S1)C(=O)N(Cc1ccccc1OC(C)C)c1c(C)cc(C)cc12. The summed E-state index contributed by atoms with van der Waals surface area (Å²) in [7, 11) is 0. The second-order valence-corrected chi connectivity index (χ2v) is 9.99. The number of ether oxygens (including phenoxy) is 1. The topological polar surface area (TPSA) is 91.3 Å². The minimum atomic E-state index is -1.43. The molecule has 0 unspecified atom stereocenters. The number of hydrazone groups is 1. The van der Waals surface area contributed by atoms with Gasteiger partial charge in [-0.3, -0.25) is 14.4 Å². The number of rotatable bonds is 4. The van der Waals surface area contributed by atoms with Crippen LogP contribution in [0.25, 0.3) is 0 Å². The number of carbonyl (C=O) groups is 3. The van der Waals surface area contributed by atoms with Crippen LogP contribution >= 0.6 is 11.8 Å². The Morgan fingerprint density at radius 2 is 1.88 bits per heavy atom. The molecule has 0 aliphatic carbocycles. The van der Waals surface area contributed by atoms with E-state index in [0.29, 0.717) is 11.3 Å². The molecule has 2 aliphatic rings. The first-order valence-corrected chi connectivity index (χ1v) is 11.9. The predicted molar refractivity (Wildman–Crippen MR) is 132 cm³/mol. The van der Waals surface area contributed by atoms with Crippen LogP contribution < -0.4 is 15.0 Å². The summed E-state index contributed by atoms with van der Waals surface area (Å²) >= 11 is 1.08. The maximum atomic E-state index is 14.2.